The first kappa shape index (κ1) is 22.8. The second kappa shape index (κ2) is 8.89. The molecule has 0 bridgehead atoms. The lowest BCUT2D eigenvalue weighted by Gasteiger charge is -2.13. The zero-order valence-electron chi connectivity index (χ0n) is 17.5. The van der Waals surface area contributed by atoms with Gasteiger partial charge in [-0.15, -0.1) is 0 Å². The van der Waals surface area contributed by atoms with E-state index in [0.717, 1.165) is 6.07 Å². The van der Waals surface area contributed by atoms with E-state index in [1.807, 2.05) is 0 Å². The molecule has 4 N–H and O–H groups in total. The number of alkyl halides is 3. The minimum atomic E-state index is -4.69. The number of rotatable bonds is 5. The molecule has 0 saturated heterocycles. The SMILES string of the molecule is Nc1ccc(-c2ccccc2F)nc1C(=O)Cc1cnccc1-c1cnc(N)c(C(F)(F)F)c1. The van der Waals surface area contributed by atoms with Crippen LogP contribution in [0.15, 0.2) is 67.1 Å². The van der Waals surface area contributed by atoms with Crippen LogP contribution < -0.4 is 11.5 Å². The highest BCUT2D eigenvalue weighted by Crippen LogP contribution is 2.36. The molecule has 0 amide bonds. The molecule has 0 aliphatic heterocycles. The third kappa shape index (κ3) is 4.56. The van der Waals surface area contributed by atoms with Crippen LogP contribution in [0.2, 0.25) is 0 Å². The Morgan fingerprint density at radius 2 is 1.74 bits per heavy atom. The molecule has 3 aromatic heterocycles. The van der Waals surface area contributed by atoms with Gasteiger partial charge < -0.3 is 11.5 Å². The van der Waals surface area contributed by atoms with Gasteiger partial charge in [-0.25, -0.2) is 14.4 Å². The Morgan fingerprint density at radius 3 is 2.47 bits per heavy atom. The molecule has 0 spiro atoms. The van der Waals surface area contributed by atoms with E-state index < -0.39 is 29.2 Å². The van der Waals surface area contributed by atoms with Gasteiger partial charge in [0.15, 0.2) is 5.78 Å². The Kier molecular flexibility index (Phi) is 5.97. The van der Waals surface area contributed by atoms with Crippen LogP contribution in [0, 0.1) is 5.82 Å². The van der Waals surface area contributed by atoms with E-state index in [2.05, 4.69) is 15.0 Å². The number of nitrogens with zero attached hydrogens (tertiary/aromatic N) is 3. The minimum Gasteiger partial charge on any atom is -0.397 e. The fourth-order valence-electron chi connectivity index (χ4n) is 3.47. The molecule has 6 nitrogen and oxygen atoms in total. The van der Waals surface area contributed by atoms with Crippen molar-refractivity contribution in [1.82, 2.24) is 15.0 Å². The van der Waals surface area contributed by atoms with Gasteiger partial charge in [0.25, 0.3) is 0 Å². The van der Waals surface area contributed by atoms with E-state index in [1.54, 1.807) is 6.07 Å². The van der Waals surface area contributed by atoms with Gasteiger partial charge in [0.05, 0.1) is 16.9 Å². The minimum absolute atomic E-state index is 0.0815. The fourth-order valence-corrected chi connectivity index (χ4v) is 3.47. The summed E-state index contributed by atoms with van der Waals surface area (Å²) in [7, 11) is 0. The number of hydrogen-bond acceptors (Lipinski definition) is 6. The number of hydrogen-bond donors (Lipinski definition) is 2. The number of pyridine rings is 3. The van der Waals surface area contributed by atoms with Crippen LogP contribution in [0.1, 0.15) is 21.6 Å². The maximum Gasteiger partial charge on any atom is 0.419 e. The predicted molar refractivity (Wildman–Crippen MR) is 119 cm³/mol. The molecule has 0 fully saturated rings. The van der Waals surface area contributed by atoms with Gasteiger partial charge in [0.2, 0.25) is 0 Å². The molecular weight excluding hydrogens is 450 g/mol. The summed E-state index contributed by atoms with van der Waals surface area (Å²) in [6.45, 7) is 0. The number of nitrogens with two attached hydrogens (primary N) is 2. The number of nitrogen functional groups attached to an aromatic ring is 2. The highest BCUT2D eigenvalue weighted by Gasteiger charge is 2.34. The highest BCUT2D eigenvalue weighted by molar-refractivity contribution is 6.01. The summed E-state index contributed by atoms with van der Waals surface area (Å²) in [6, 6.07) is 11.3. The monoisotopic (exact) mass is 467 g/mol. The molecule has 10 heteroatoms. The largest absolute Gasteiger partial charge is 0.419 e. The second-order valence-corrected chi connectivity index (χ2v) is 7.40. The zero-order valence-corrected chi connectivity index (χ0v) is 17.5. The summed E-state index contributed by atoms with van der Waals surface area (Å²) < 4.78 is 54.1. The van der Waals surface area contributed by atoms with E-state index in [4.69, 9.17) is 11.5 Å². The van der Waals surface area contributed by atoms with Crippen LogP contribution in [0.5, 0.6) is 0 Å². The average molecular weight is 467 g/mol. The van der Waals surface area contributed by atoms with Gasteiger partial charge in [-0.1, -0.05) is 12.1 Å². The third-order valence-corrected chi connectivity index (χ3v) is 5.13. The van der Waals surface area contributed by atoms with Crippen molar-refractivity contribution in [2.45, 2.75) is 12.6 Å². The van der Waals surface area contributed by atoms with Gasteiger partial charge in [-0.05, 0) is 47.5 Å². The average Bonchev–Trinajstić information content (AvgIpc) is 2.80. The zero-order chi connectivity index (χ0) is 24.5. The molecule has 0 radical (unpaired) electrons. The summed E-state index contributed by atoms with van der Waals surface area (Å²) in [5, 5.41) is 0. The van der Waals surface area contributed by atoms with Crippen molar-refractivity contribution in [1.29, 1.82) is 0 Å². The number of aromatic nitrogens is 3. The first-order chi connectivity index (χ1) is 16.1. The van der Waals surface area contributed by atoms with E-state index in [0.29, 0.717) is 11.1 Å². The Hall–Kier alpha value is -4.34. The van der Waals surface area contributed by atoms with Crippen molar-refractivity contribution in [2.24, 2.45) is 0 Å². The molecule has 0 aliphatic rings. The summed E-state index contributed by atoms with van der Waals surface area (Å²) >= 11 is 0. The summed E-state index contributed by atoms with van der Waals surface area (Å²) in [5.74, 6) is -1.67. The molecule has 3 heterocycles. The highest BCUT2D eigenvalue weighted by atomic mass is 19.4. The maximum atomic E-state index is 14.2. The van der Waals surface area contributed by atoms with Gasteiger partial charge in [0.1, 0.15) is 17.3 Å². The van der Waals surface area contributed by atoms with Crippen LogP contribution >= 0.6 is 0 Å². The Morgan fingerprint density at radius 1 is 0.971 bits per heavy atom. The van der Waals surface area contributed by atoms with E-state index in [-0.39, 0.29) is 34.6 Å². The lowest BCUT2D eigenvalue weighted by atomic mass is 9.97. The predicted octanol–water partition coefficient (Wildman–Crippen LogP) is 4.95. The molecule has 0 unspecified atom stereocenters. The Balaban J connectivity index is 1.70. The number of anilines is 2. The van der Waals surface area contributed by atoms with Gasteiger partial charge in [-0.2, -0.15) is 13.2 Å². The van der Waals surface area contributed by atoms with E-state index in [9.17, 15) is 22.4 Å². The van der Waals surface area contributed by atoms with Crippen molar-refractivity contribution in [2.75, 3.05) is 11.5 Å². The number of ketones is 1. The molecule has 0 aliphatic carbocycles. The summed E-state index contributed by atoms with van der Waals surface area (Å²) in [6.07, 6.45) is -1.00. The van der Waals surface area contributed by atoms with Crippen molar-refractivity contribution in [3.05, 3.63) is 89.8 Å². The Labute approximate surface area is 191 Å². The molecule has 4 rings (SSSR count). The van der Waals surface area contributed by atoms with E-state index in [1.165, 1.54) is 55.0 Å². The summed E-state index contributed by atoms with van der Waals surface area (Å²) in [4.78, 5) is 25.0. The van der Waals surface area contributed by atoms with Crippen molar-refractivity contribution in [3.8, 4) is 22.4 Å². The van der Waals surface area contributed by atoms with Crippen molar-refractivity contribution < 1.29 is 22.4 Å². The number of carbonyl (C=O) groups is 1. The number of benzene rings is 1. The van der Waals surface area contributed by atoms with Crippen LogP contribution in [-0.2, 0) is 12.6 Å². The molecule has 4 aromatic rings. The second-order valence-electron chi connectivity index (χ2n) is 7.40. The lowest BCUT2D eigenvalue weighted by molar-refractivity contribution is -0.137. The molecule has 0 saturated carbocycles. The number of carbonyl (C=O) groups excluding carboxylic acids is 1. The number of halogens is 4. The lowest BCUT2D eigenvalue weighted by Crippen LogP contribution is -2.12. The maximum absolute atomic E-state index is 14.2. The Bertz CT molecular complexity index is 1390. The van der Waals surface area contributed by atoms with Gasteiger partial charge in [0, 0.05) is 36.1 Å². The first-order valence-electron chi connectivity index (χ1n) is 9.95. The van der Waals surface area contributed by atoms with Crippen molar-refractivity contribution in [3.63, 3.8) is 0 Å². The first-order valence-corrected chi connectivity index (χ1v) is 9.95. The molecule has 172 valence electrons. The third-order valence-electron chi connectivity index (χ3n) is 5.13. The van der Waals surface area contributed by atoms with Crippen LogP contribution in [0.4, 0.5) is 29.1 Å². The topological polar surface area (TPSA) is 108 Å². The standard InChI is InChI=1S/C24H17F4N5O/c25-18-4-2-1-3-16(18)20-6-5-19(29)22(33-20)21(34)10-14-11-31-8-7-15(14)13-9-17(24(26,27)28)23(30)32-12-13/h1-9,11-12H,10,29H2,(H2,30,32). The van der Waals surface area contributed by atoms with E-state index >= 15 is 0 Å². The van der Waals surface area contributed by atoms with Gasteiger partial charge in [-0.3, -0.25) is 9.78 Å². The molecular formula is C24H17F4N5O. The fraction of sp³-hybridized carbons (Fsp3) is 0.0833. The molecule has 1 aromatic carbocycles. The summed E-state index contributed by atoms with van der Waals surface area (Å²) in [5.41, 5.74) is 11.5. The molecule has 0 atom stereocenters. The van der Waals surface area contributed by atoms with Crippen LogP contribution in [0.3, 0.4) is 0 Å². The molecule has 34 heavy (non-hydrogen) atoms. The normalized spacial score (nSPS) is 11.4. The van der Waals surface area contributed by atoms with Crippen LogP contribution in [0.25, 0.3) is 22.4 Å². The van der Waals surface area contributed by atoms with Gasteiger partial charge >= 0.3 is 6.18 Å². The van der Waals surface area contributed by atoms with Crippen LogP contribution in [-0.4, -0.2) is 20.7 Å². The van der Waals surface area contributed by atoms with Crippen molar-refractivity contribution >= 4 is 17.3 Å². The smallest absolute Gasteiger partial charge is 0.397 e. The quantitative estimate of drug-likeness (QED) is 0.318. The number of Topliss-reactive ketones (excluding diaryl/α,β-unsaturated/α-hetero) is 1.